The van der Waals surface area contributed by atoms with Crippen LogP contribution in [0.25, 0.3) is 0 Å². The molecule has 0 bridgehead atoms. The first-order chi connectivity index (χ1) is 13.5. The molecule has 0 radical (unpaired) electrons. The van der Waals surface area contributed by atoms with Gasteiger partial charge in [-0.25, -0.2) is 13.2 Å². The maximum Gasteiger partial charge on any atom is 0.407 e. The van der Waals surface area contributed by atoms with E-state index in [9.17, 15) is 18.0 Å². The number of alkyl carbamates (subject to hydrolysis) is 1. The van der Waals surface area contributed by atoms with Gasteiger partial charge in [-0.15, -0.1) is 0 Å². The standard InChI is InChI=1S/C21H34N2O6S/c1-14(2)17(18(24)28-20(3,4)5)23-30(26,27)16-11-9-15(10-12-16)13-22-19(25)29-21(6,7)8/h9-12,14,17,23H,13H2,1-8H3,(H,22,25)/t17-/m1/s1. The molecule has 170 valence electrons. The quantitative estimate of drug-likeness (QED) is 0.627. The number of nitrogens with one attached hydrogen (secondary N) is 2. The van der Waals surface area contributed by atoms with Crippen LogP contribution < -0.4 is 10.0 Å². The van der Waals surface area contributed by atoms with Crippen LogP contribution in [0.2, 0.25) is 0 Å². The summed E-state index contributed by atoms with van der Waals surface area (Å²) in [5, 5.41) is 2.61. The lowest BCUT2D eigenvalue weighted by molar-refractivity contribution is -0.158. The molecular weight excluding hydrogens is 408 g/mol. The molecule has 1 aromatic rings. The lowest BCUT2D eigenvalue weighted by Gasteiger charge is -2.26. The fraction of sp³-hybridized carbons (Fsp3) is 0.619. The second kappa shape index (κ2) is 9.78. The van der Waals surface area contributed by atoms with Gasteiger partial charge in [0.2, 0.25) is 10.0 Å². The Balaban J connectivity index is 2.84. The number of esters is 1. The summed E-state index contributed by atoms with van der Waals surface area (Å²) >= 11 is 0. The molecule has 8 nitrogen and oxygen atoms in total. The Hall–Kier alpha value is -2.13. The number of carbonyl (C=O) groups is 2. The molecule has 0 aliphatic carbocycles. The Morgan fingerprint density at radius 1 is 0.933 bits per heavy atom. The Bertz CT molecular complexity index is 834. The molecule has 0 aliphatic heterocycles. The maximum absolute atomic E-state index is 12.7. The summed E-state index contributed by atoms with van der Waals surface area (Å²) in [5.41, 5.74) is -0.625. The van der Waals surface area contributed by atoms with Gasteiger partial charge in [-0.3, -0.25) is 4.79 Å². The van der Waals surface area contributed by atoms with Crippen LogP contribution in [0.4, 0.5) is 4.79 Å². The molecule has 1 rings (SSSR count). The average molecular weight is 443 g/mol. The van der Waals surface area contributed by atoms with Crippen molar-refractivity contribution in [1.29, 1.82) is 0 Å². The smallest absolute Gasteiger partial charge is 0.407 e. The van der Waals surface area contributed by atoms with E-state index in [1.165, 1.54) is 12.1 Å². The van der Waals surface area contributed by atoms with Gasteiger partial charge in [-0.1, -0.05) is 26.0 Å². The predicted molar refractivity (Wildman–Crippen MR) is 114 cm³/mol. The minimum absolute atomic E-state index is 0.0118. The molecule has 9 heteroatoms. The monoisotopic (exact) mass is 442 g/mol. The van der Waals surface area contributed by atoms with Crippen molar-refractivity contribution >= 4 is 22.1 Å². The van der Waals surface area contributed by atoms with Crippen molar-refractivity contribution in [2.75, 3.05) is 0 Å². The van der Waals surface area contributed by atoms with Crippen molar-refractivity contribution in [3.63, 3.8) is 0 Å². The molecule has 0 fully saturated rings. The van der Waals surface area contributed by atoms with Crippen molar-refractivity contribution in [3.05, 3.63) is 29.8 Å². The molecule has 30 heavy (non-hydrogen) atoms. The minimum atomic E-state index is -3.94. The Kier molecular flexibility index (Phi) is 8.45. The molecule has 0 aliphatic rings. The first-order valence-electron chi connectivity index (χ1n) is 9.81. The molecule has 0 heterocycles. The van der Waals surface area contributed by atoms with Crippen LogP contribution in [0.3, 0.4) is 0 Å². The van der Waals surface area contributed by atoms with Gasteiger partial charge in [0.1, 0.15) is 17.2 Å². The Morgan fingerprint density at radius 2 is 1.43 bits per heavy atom. The third kappa shape index (κ3) is 9.13. The van der Waals surface area contributed by atoms with E-state index in [1.54, 1.807) is 67.5 Å². The molecule has 1 amide bonds. The van der Waals surface area contributed by atoms with Crippen molar-refractivity contribution in [2.45, 2.75) is 84.1 Å². The van der Waals surface area contributed by atoms with Crippen LogP contribution in [0.1, 0.15) is 61.0 Å². The second-order valence-corrected chi connectivity index (χ2v) is 11.1. The highest BCUT2D eigenvalue weighted by molar-refractivity contribution is 7.89. The van der Waals surface area contributed by atoms with E-state index in [0.29, 0.717) is 5.56 Å². The van der Waals surface area contributed by atoms with E-state index in [4.69, 9.17) is 9.47 Å². The summed E-state index contributed by atoms with van der Waals surface area (Å²) < 4.78 is 38.4. The van der Waals surface area contributed by atoms with Crippen molar-refractivity contribution < 1.29 is 27.5 Å². The first-order valence-corrected chi connectivity index (χ1v) is 11.3. The van der Waals surface area contributed by atoms with Crippen LogP contribution in [0.5, 0.6) is 0 Å². The second-order valence-electron chi connectivity index (χ2n) is 9.38. The highest BCUT2D eigenvalue weighted by Gasteiger charge is 2.32. The number of rotatable bonds is 7. The molecule has 2 N–H and O–H groups in total. The minimum Gasteiger partial charge on any atom is -0.459 e. The average Bonchev–Trinajstić information content (AvgIpc) is 2.55. The fourth-order valence-corrected chi connectivity index (χ4v) is 3.66. The van der Waals surface area contributed by atoms with Crippen LogP contribution in [-0.4, -0.2) is 37.7 Å². The number of benzene rings is 1. The topological polar surface area (TPSA) is 111 Å². The summed E-state index contributed by atoms with van der Waals surface area (Å²) in [6, 6.07) is 5.00. The summed E-state index contributed by atoms with van der Waals surface area (Å²) in [6.07, 6.45) is -0.557. The number of hydrogen-bond acceptors (Lipinski definition) is 6. The van der Waals surface area contributed by atoms with Gasteiger partial charge in [0.05, 0.1) is 4.90 Å². The molecule has 0 saturated heterocycles. The zero-order chi connectivity index (χ0) is 23.3. The van der Waals surface area contributed by atoms with Crippen molar-refractivity contribution in [1.82, 2.24) is 10.0 Å². The maximum atomic E-state index is 12.7. The summed E-state index contributed by atoms with van der Waals surface area (Å²) in [6.45, 7) is 14.1. The molecular formula is C21H34N2O6S. The van der Waals surface area contributed by atoms with Crippen LogP contribution in [-0.2, 0) is 30.8 Å². The van der Waals surface area contributed by atoms with Gasteiger partial charge < -0.3 is 14.8 Å². The first kappa shape index (κ1) is 25.9. The fourth-order valence-electron chi connectivity index (χ4n) is 2.33. The van der Waals surface area contributed by atoms with Crippen LogP contribution >= 0.6 is 0 Å². The normalized spacial score (nSPS) is 13.6. The highest BCUT2D eigenvalue weighted by atomic mass is 32.2. The van der Waals surface area contributed by atoms with Crippen LogP contribution in [0.15, 0.2) is 29.2 Å². The van der Waals surface area contributed by atoms with E-state index in [0.717, 1.165) is 0 Å². The summed E-state index contributed by atoms with van der Waals surface area (Å²) in [7, 11) is -3.94. The Labute approximate surface area is 179 Å². The Morgan fingerprint density at radius 3 is 1.87 bits per heavy atom. The third-order valence-electron chi connectivity index (χ3n) is 3.68. The van der Waals surface area contributed by atoms with Crippen LogP contribution in [0, 0.1) is 5.92 Å². The molecule has 0 unspecified atom stereocenters. The number of amides is 1. The van der Waals surface area contributed by atoms with Gasteiger partial charge in [-0.2, -0.15) is 4.72 Å². The number of hydrogen-bond donors (Lipinski definition) is 2. The number of sulfonamides is 1. The van der Waals surface area contributed by atoms with E-state index in [2.05, 4.69) is 10.0 Å². The lowest BCUT2D eigenvalue weighted by Crippen LogP contribution is -2.47. The predicted octanol–water partition coefficient (Wildman–Crippen LogP) is 3.36. The van der Waals surface area contributed by atoms with Crippen molar-refractivity contribution in [2.24, 2.45) is 5.92 Å². The van der Waals surface area contributed by atoms with Gasteiger partial charge >= 0.3 is 12.1 Å². The zero-order valence-electron chi connectivity index (χ0n) is 19.0. The molecule has 1 aromatic carbocycles. The highest BCUT2D eigenvalue weighted by Crippen LogP contribution is 2.17. The van der Waals surface area contributed by atoms with Gasteiger partial charge in [0.25, 0.3) is 0 Å². The SMILES string of the molecule is CC(C)[C@@H](NS(=O)(=O)c1ccc(CNC(=O)OC(C)(C)C)cc1)C(=O)OC(C)(C)C. The summed E-state index contributed by atoms with van der Waals surface area (Å²) in [5.74, 6) is -0.925. The molecule has 0 saturated carbocycles. The van der Waals surface area contributed by atoms with Gasteiger partial charge in [0, 0.05) is 6.54 Å². The summed E-state index contributed by atoms with van der Waals surface area (Å²) in [4.78, 5) is 24.1. The lowest BCUT2D eigenvalue weighted by atomic mass is 10.1. The molecule has 1 atom stereocenters. The molecule has 0 aromatic heterocycles. The van der Waals surface area contributed by atoms with E-state index in [1.807, 2.05) is 0 Å². The van der Waals surface area contributed by atoms with Crippen molar-refractivity contribution in [3.8, 4) is 0 Å². The van der Waals surface area contributed by atoms with Gasteiger partial charge in [0.15, 0.2) is 0 Å². The van der Waals surface area contributed by atoms with E-state index in [-0.39, 0.29) is 17.4 Å². The van der Waals surface area contributed by atoms with E-state index < -0.39 is 39.3 Å². The third-order valence-corrected chi connectivity index (χ3v) is 5.14. The largest absolute Gasteiger partial charge is 0.459 e. The molecule has 0 spiro atoms. The number of ether oxygens (including phenoxy) is 2. The number of carbonyl (C=O) groups excluding carboxylic acids is 2. The van der Waals surface area contributed by atoms with Gasteiger partial charge in [-0.05, 0) is 65.2 Å². The zero-order valence-corrected chi connectivity index (χ0v) is 19.8. The van der Waals surface area contributed by atoms with E-state index >= 15 is 0 Å².